The van der Waals surface area contributed by atoms with Gasteiger partial charge in [0, 0.05) is 33.2 Å². The average molecular weight is 268 g/mol. The molecule has 19 heavy (non-hydrogen) atoms. The number of aliphatic hydroxyl groups is 1. The molecule has 0 aliphatic carbocycles. The number of carbonyl (C=O) groups excluding carboxylic acids is 1. The molecule has 0 heterocycles. The van der Waals surface area contributed by atoms with Gasteiger partial charge in [-0.3, -0.25) is 10.2 Å². The third kappa shape index (κ3) is 5.15. The molecular formula is C13H20N2O4. The summed E-state index contributed by atoms with van der Waals surface area (Å²) in [6.45, 7) is -0.152. The molecule has 106 valence electrons. The van der Waals surface area contributed by atoms with Gasteiger partial charge in [-0.25, -0.2) is 5.01 Å². The van der Waals surface area contributed by atoms with E-state index in [1.54, 1.807) is 20.2 Å². The standard InChI is InChI=1S/C13H20N2O4/c1-15(2)14-13(19)6-9(8-16)5-10-3-4-11(17)7-12(10)18/h3-4,7,9,16-18H,5-6,8H2,1-2H3,(H,14,19). The maximum atomic E-state index is 11.6. The Labute approximate surface area is 112 Å². The third-order valence-corrected chi connectivity index (χ3v) is 2.66. The minimum atomic E-state index is -0.282. The molecule has 4 N–H and O–H groups in total. The van der Waals surface area contributed by atoms with Crippen molar-refractivity contribution < 1.29 is 20.1 Å². The second kappa shape index (κ2) is 6.96. The Hall–Kier alpha value is -1.79. The van der Waals surface area contributed by atoms with Gasteiger partial charge in [-0.15, -0.1) is 0 Å². The van der Waals surface area contributed by atoms with Crippen LogP contribution in [-0.4, -0.2) is 46.9 Å². The SMILES string of the molecule is CN(C)NC(=O)CC(CO)Cc1ccc(O)cc1O. The highest BCUT2D eigenvalue weighted by molar-refractivity contribution is 5.75. The summed E-state index contributed by atoms with van der Waals surface area (Å²) < 4.78 is 0. The fourth-order valence-electron chi connectivity index (χ4n) is 1.79. The normalized spacial score (nSPS) is 12.4. The molecule has 0 aliphatic rings. The zero-order valence-corrected chi connectivity index (χ0v) is 11.1. The number of phenols is 2. The van der Waals surface area contributed by atoms with Gasteiger partial charge in [0.15, 0.2) is 0 Å². The zero-order valence-electron chi connectivity index (χ0n) is 11.1. The minimum absolute atomic E-state index is 0.0212. The molecule has 1 amide bonds. The first-order chi connectivity index (χ1) is 8.92. The predicted molar refractivity (Wildman–Crippen MR) is 70.5 cm³/mol. The van der Waals surface area contributed by atoms with Crippen molar-refractivity contribution >= 4 is 5.91 Å². The Morgan fingerprint density at radius 1 is 1.37 bits per heavy atom. The molecule has 0 saturated carbocycles. The van der Waals surface area contributed by atoms with Gasteiger partial charge in [-0.05, 0) is 24.0 Å². The number of hydrazine groups is 1. The molecule has 1 aromatic carbocycles. The number of nitrogens with zero attached hydrogens (tertiary/aromatic N) is 1. The fourth-order valence-corrected chi connectivity index (χ4v) is 1.79. The van der Waals surface area contributed by atoms with Crippen molar-refractivity contribution in [1.29, 1.82) is 0 Å². The van der Waals surface area contributed by atoms with Crippen molar-refractivity contribution in [1.82, 2.24) is 10.4 Å². The second-order valence-electron chi connectivity index (χ2n) is 4.70. The van der Waals surface area contributed by atoms with Crippen molar-refractivity contribution in [2.24, 2.45) is 5.92 Å². The Kier molecular flexibility index (Phi) is 5.59. The van der Waals surface area contributed by atoms with Crippen LogP contribution in [0.25, 0.3) is 0 Å². The van der Waals surface area contributed by atoms with Crippen LogP contribution in [0.3, 0.4) is 0 Å². The number of rotatable bonds is 6. The topological polar surface area (TPSA) is 93.0 Å². The van der Waals surface area contributed by atoms with Crippen molar-refractivity contribution in [3.8, 4) is 11.5 Å². The van der Waals surface area contributed by atoms with Crippen LogP contribution >= 0.6 is 0 Å². The first-order valence-corrected chi connectivity index (χ1v) is 6.01. The smallest absolute Gasteiger partial charge is 0.234 e. The van der Waals surface area contributed by atoms with Gasteiger partial charge in [0.2, 0.25) is 5.91 Å². The Morgan fingerprint density at radius 3 is 2.58 bits per heavy atom. The van der Waals surface area contributed by atoms with Gasteiger partial charge < -0.3 is 15.3 Å². The number of aliphatic hydroxyl groups excluding tert-OH is 1. The summed E-state index contributed by atoms with van der Waals surface area (Å²) >= 11 is 0. The highest BCUT2D eigenvalue weighted by Crippen LogP contribution is 2.25. The number of aromatic hydroxyl groups is 2. The first-order valence-electron chi connectivity index (χ1n) is 6.01. The van der Waals surface area contributed by atoms with Crippen molar-refractivity contribution in [3.05, 3.63) is 23.8 Å². The van der Waals surface area contributed by atoms with Crippen LogP contribution in [0.2, 0.25) is 0 Å². The third-order valence-electron chi connectivity index (χ3n) is 2.66. The van der Waals surface area contributed by atoms with Gasteiger partial charge in [0.25, 0.3) is 0 Å². The van der Waals surface area contributed by atoms with Crippen LogP contribution in [0.1, 0.15) is 12.0 Å². The molecule has 6 nitrogen and oxygen atoms in total. The number of hydrogen-bond donors (Lipinski definition) is 4. The van der Waals surface area contributed by atoms with Crippen molar-refractivity contribution in [2.75, 3.05) is 20.7 Å². The van der Waals surface area contributed by atoms with E-state index in [9.17, 15) is 20.1 Å². The highest BCUT2D eigenvalue weighted by Gasteiger charge is 2.16. The number of nitrogens with one attached hydrogen (secondary N) is 1. The number of hydrogen-bond acceptors (Lipinski definition) is 5. The second-order valence-corrected chi connectivity index (χ2v) is 4.70. The lowest BCUT2D eigenvalue weighted by atomic mass is 9.96. The maximum absolute atomic E-state index is 11.6. The number of phenolic OH excluding ortho intramolecular Hbond substituents is 2. The van der Waals surface area contributed by atoms with E-state index in [1.807, 2.05) is 0 Å². The van der Waals surface area contributed by atoms with E-state index in [0.717, 1.165) is 0 Å². The molecule has 0 aliphatic heterocycles. The van der Waals surface area contributed by atoms with Crippen LogP contribution in [0.5, 0.6) is 11.5 Å². The summed E-state index contributed by atoms with van der Waals surface area (Å²) in [7, 11) is 3.41. The van der Waals surface area contributed by atoms with Crippen LogP contribution < -0.4 is 5.43 Å². The summed E-state index contributed by atoms with van der Waals surface area (Å²) in [4.78, 5) is 11.6. The van der Waals surface area contributed by atoms with E-state index in [0.29, 0.717) is 12.0 Å². The Bertz CT molecular complexity index is 435. The summed E-state index contributed by atoms with van der Waals surface area (Å²) in [5.74, 6) is -0.531. The van der Waals surface area contributed by atoms with Crippen LogP contribution in [-0.2, 0) is 11.2 Å². The molecule has 0 aromatic heterocycles. The van der Waals surface area contributed by atoms with E-state index in [1.165, 1.54) is 17.1 Å². The molecule has 0 spiro atoms. The number of benzene rings is 1. The summed E-state index contributed by atoms with van der Waals surface area (Å²) in [5, 5.41) is 29.7. The largest absolute Gasteiger partial charge is 0.508 e. The Balaban J connectivity index is 2.63. The number of carbonyl (C=O) groups is 1. The van der Waals surface area contributed by atoms with E-state index in [2.05, 4.69) is 5.43 Å². The highest BCUT2D eigenvalue weighted by atomic mass is 16.3. The van der Waals surface area contributed by atoms with E-state index in [4.69, 9.17) is 0 Å². The lowest BCUT2D eigenvalue weighted by molar-refractivity contribution is -0.126. The lowest BCUT2D eigenvalue weighted by Gasteiger charge is -2.17. The summed E-state index contributed by atoms with van der Waals surface area (Å²) in [6, 6.07) is 4.28. The maximum Gasteiger partial charge on any atom is 0.234 e. The first kappa shape index (κ1) is 15.3. The van der Waals surface area contributed by atoms with Gasteiger partial charge in [-0.1, -0.05) is 6.07 Å². The van der Waals surface area contributed by atoms with Crippen molar-refractivity contribution in [2.45, 2.75) is 12.8 Å². The molecule has 0 radical (unpaired) electrons. The monoisotopic (exact) mass is 268 g/mol. The van der Waals surface area contributed by atoms with Gasteiger partial charge in [-0.2, -0.15) is 0 Å². The molecular weight excluding hydrogens is 248 g/mol. The molecule has 0 bridgehead atoms. The van der Waals surface area contributed by atoms with Crippen molar-refractivity contribution in [3.63, 3.8) is 0 Å². The fraction of sp³-hybridized carbons (Fsp3) is 0.462. The van der Waals surface area contributed by atoms with E-state index < -0.39 is 0 Å². The molecule has 1 unspecified atom stereocenters. The molecule has 0 fully saturated rings. The quantitative estimate of drug-likeness (QED) is 0.554. The zero-order chi connectivity index (χ0) is 14.4. The average Bonchev–Trinajstić information content (AvgIpc) is 2.30. The van der Waals surface area contributed by atoms with Crippen LogP contribution in [0, 0.1) is 5.92 Å². The summed E-state index contributed by atoms with van der Waals surface area (Å²) in [6.07, 6.45) is 0.526. The minimum Gasteiger partial charge on any atom is -0.508 e. The molecule has 0 saturated heterocycles. The molecule has 1 atom stereocenters. The number of amides is 1. The molecule has 1 aromatic rings. The Morgan fingerprint density at radius 2 is 2.05 bits per heavy atom. The molecule has 1 rings (SSSR count). The predicted octanol–water partition coefficient (Wildman–Crippen LogP) is 0.232. The van der Waals surface area contributed by atoms with E-state index >= 15 is 0 Å². The lowest BCUT2D eigenvalue weighted by Crippen LogP contribution is -2.37. The van der Waals surface area contributed by atoms with Crippen LogP contribution in [0.15, 0.2) is 18.2 Å². The van der Waals surface area contributed by atoms with Crippen LogP contribution in [0.4, 0.5) is 0 Å². The molecule has 6 heteroatoms. The van der Waals surface area contributed by atoms with E-state index in [-0.39, 0.29) is 36.4 Å². The van der Waals surface area contributed by atoms with Gasteiger partial charge in [0.1, 0.15) is 11.5 Å². The van der Waals surface area contributed by atoms with Gasteiger partial charge in [0.05, 0.1) is 0 Å². The van der Waals surface area contributed by atoms with Gasteiger partial charge >= 0.3 is 0 Å². The summed E-state index contributed by atoms with van der Waals surface area (Å²) in [5.41, 5.74) is 3.19.